The molecule has 1 N–H and O–H groups in total. The summed E-state index contributed by atoms with van der Waals surface area (Å²) in [6, 6.07) is 2.73. The highest BCUT2D eigenvalue weighted by Gasteiger charge is 2.24. The van der Waals surface area contributed by atoms with Crippen molar-refractivity contribution in [2.75, 3.05) is 33.4 Å². The number of piperidine rings is 1. The zero-order chi connectivity index (χ0) is 19.9. The van der Waals surface area contributed by atoms with E-state index < -0.39 is 0 Å². The SMILES string of the molecule is CN=C(NCc1ccn(C2CCCC2)n1)N1CCC(OCC2CCCCO2)CC1.I. The molecule has 2 saturated heterocycles. The summed E-state index contributed by atoms with van der Waals surface area (Å²) in [7, 11) is 1.86. The molecule has 1 unspecified atom stereocenters. The Labute approximate surface area is 198 Å². The number of hydrogen-bond acceptors (Lipinski definition) is 4. The van der Waals surface area contributed by atoms with Gasteiger partial charge in [-0.2, -0.15) is 5.10 Å². The molecule has 0 bridgehead atoms. The van der Waals surface area contributed by atoms with E-state index in [0.29, 0.717) is 18.2 Å². The normalized spacial score (nSPS) is 24.1. The zero-order valence-corrected chi connectivity index (χ0v) is 20.6. The van der Waals surface area contributed by atoms with Gasteiger partial charge in [0.15, 0.2) is 5.96 Å². The summed E-state index contributed by atoms with van der Waals surface area (Å²) in [5.41, 5.74) is 1.09. The van der Waals surface area contributed by atoms with E-state index in [1.54, 1.807) is 0 Å². The number of likely N-dealkylation sites (tertiary alicyclic amines) is 1. The quantitative estimate of drug-likeness (QED) is 0.344. The van der Waals surface area contributed by atoms with Crippen LogP contribution in [0.5, 0.6) is 0 Å². The van der Waals surface area contributed by atoms with Gasteiger partial charge >= 0.3 is 0 Å². The summed E-state index contributed by atoms with van der Waals surface area (Å²) in [4.78, 5) is 6.83. The number of rotatable bonds is 6. The van der Waals surface area contributed by atoms with Crippen molar-refractivity contribution < 1.29 is 9.47 Å². The van der Waals surface area contributed by atoms with Gasteiger partial charge in [0.05, 0.1) is 37.1 Å². The molecule has 3 heterocycles. The molecule has 7 nitrogen and oxygen atoms in total. The molecule has 1 atom stereocenters. The molecule has 1 saturated carbocycles. The third-order valence-electron chi connectivity index (χ3n) is 6.54. The minimum atomic E-state index is 0. The summed E-state index contributed by atoms with van der Waals surface area (Å²) in [6.07, 6.45) is 13.7. The minimum Gasteiger partial charge on any atom is -0.376 e. The van der Waals surface area contributed by atoms with Gasteiger partial charge in [0, 0.05) is 32.9 Å². The van der Waals surface area contributed by atoms with E-state index in [2.05, 4.69) is 32.2 Å². The Hall–Kier alpha value is -0.870. The molecule has 30 heavy (non-hydrogen) atoms. The first-order valence-corrected chi connectivity index (χ1v) is 11.5. The number of hydrogen-bond donors (Lipinski definition) is 1. The van der Waals surface area contributed by atoms with Crippen LogP contribution in [0, 0.1) is 0 Å². The second-order valence-electron chi connectivity index (χ2n) is 8.63. The summed E-state index contributed by atoms with van der Waals surface area (Å²) >= 11 is 0. The zero-order valence-electron chi connectivity index (χ0n) is 18.3. The molecule has 1 aliphatic carbocycles. The van der Waals surface area contributed by atoms with Gasteiger partial charge in [-0.15, -0.1) is 24.0 Å². The van der Waals surface area contributed by atoms with Crippen molar-refractivity contribution in [2.24, 2.45) is 4.99 Å². The topological polar surface area (TPSA) is 63.9 Å². The van der Waals surface area contributed by atoms with E-state index >= 15 is 0 Å². The Balaban J connectivity index is 0.00000256. The van der Waals surface area contributed by atoms with Gasteiger partial charge < -0.3 is 19.7 Å². The first kappa shape index (κ1) is 23.8. The van der Waals surface area contributed by atoms with Gasteiger partial charge in [-0.3, -0.25) is 9.67 Å². The lowest BCUT2D eigenvalue weighted by Gasteiger charge is -2.35. The van der Waals surface area contributed by atoms with Gasteiger partial charge in [-0.1, -0.05) is 12.8 Å². The van der Waals surface area contributed by atoms with Crippen LogP contribution in [0.1, 0.15) is 69.5 Å². The number of halogens is 1. The Kier molecular flexibility index (Phi) is 9.70. The molecule has 3 fully saturated rings. The molecule has 0 amide bonds. The van der Waals surface area contributed by atoms with Crippen LogP contribution in [0.3, 0.4) is 0 Å². The maximum absolute atomic E-state index is 6.14. The largest absolute Gasteiger partial charge is 0.376 e. The van der Waals surface area contributed by atoms with Gasteiger partial charge in [0.1, 0.15) is 0 Å². The Morgan fingerprint density at radius 3 is 2.63 bits per heavy atom. The maximum atomic E-state index is 6.14. The van der Waals surface area contributed by atoms with Crippen molar-refractivity contribution in [2.45, 2.75) is 82.6 Å². The number of nitrogens with zero attached hydrogens (tertiary/aromatic N) is 4. The fourth-order valence-corrected chi connectivity index (χ4v) is 4.76. The van der Waals surface area contributed by atoms with Crippen LogP contribution < -0.4 is 5.32 Å². The lowest BCUT2D eigenvalue weighted by Crippen LogP contribution is -2.47. The molecule has 0 spiro atoms. The van der Waals surface area contributed by atoms with Crippen LogP contribution in [-0.4, -0.2) is 66.2 Å². The first-order valence-electron chi connectivity index (χ1n) is 11.5. The summed E-state index contributed by atoms with van der Waals surface area (Å²) < 4.78 is 14.1. The monoisotopic (exact) mass is 531 g/mol. The fourth-order valence-electron chi connectivity index (χ4n) is 4.76. The second-order valence-corrected chi connectivity index (χ2v) is 8.63. The van der Waals surface area contributed by atoms with Gasteiger partial charge in [0.2, 0.25) is 0 Å². The van der Waals surface area contributed by atoms with Crippen LogP contribution in [0.25, 0.3) is 0 Å². The second kappa shape index (κ2) is 12.2. The number of aromatic nitrogens is 2. The fraction of sp³-hybridized carbons (Fsp3) is 0.818. The Bertz CT molecular complexity index is 648. The van der Waals surface area contributed by atoms with Crippen molar-refractivity contribution in [1.29, 1.82) is 0 Å². The highest BCUT2D eigenvalue weighted by Crippen LogP contribution is 2.28. The van der Waals surface area contributed by atoms with Crippen molar-refractivity contribution in [3.05, 3.63) is 18.0 Å². The van der Waals surface area contributed by atoms with Crippen LogP contribution in [0.15, 0.2) is 17.3 Å². The van der Waals surface area contributed by atoms with Crippen molar-refractivity contribution >= 4 is 29.9 Å². The van der Waals surface area contributed by atoms with Crippen LogP contribution in [-0.2, 0) is 16.0 Å². The third-order valence-corrected chi connectivity index (χ3v) is 6.54. The third kappa shape index (κ3) is 6.56. The average Bonchev–Trinajstić information content (AvgIpc) is 3.46. The minimum absolute atomic E-state index is 0. The van der Waals surface area contributed by atoms with E-state index in [9.17, 15) is 0 Å². The molecule has 0 radical (unpaired) electrons. The molecule has 8 heteroatoms. The Morgan fingerprint density at radius 2 is 1.93 bits per heavy atom. The van der Waals surface area contributed by atoms with E-state index in [1.165, 1.54) is 38.5 Å². The lowest BCUT2D eigenvalue weighted by atomic mass is 10.1. The molecule has 1 aromatic rings. The number of nitrogens with one attached hydrogen (secondary N) is 1. The molecule has 2 aliphatic heterocycles. The number of ether oxygens (including phenoxy) is 2. The smallest absolute Gasteiger partial charge is 0.193 e. The van der Waals surface area contributed by atoms with E-state index in [1.807, 2.05) is 7.05 Å². The van der Waals surface area contributed by atoms with Crippen LogP contribution in [0.2, 0.25) is 0 Å². The van der Waals surface area contributed by atoms with Crippen LogP contribution in [0.4, 0.5) is 0 Å². The molecule has 170 valence electrons. The van der Waals surface area contributed by atoms with Crippen LogP contribution >= 0.6 is 24.0 Å². The van der Waals surface area contributed by atoms with Crippen molar-refractivity contribution in [3.63, 3.8) is 0 Å². The predicted octanol–water partition coefficient (Wildman–Crippen LogP) is 3.74. The standard InChI is InChI=1S/C22H37N5O2.HI/c1-23-22(24-16-18-9-14-27(25-18)19-6-2-3-7-19)26-12-10-20(11-13-26)29-17-21-8-4-5-15-28-21;/h9,14,19-21H,2-8,10-13,15-17H2,1H3,(H,23,24);1H. The molecule has 4 rings (SSSR count). The van der Waals surface area contributed by atoms with Gasteiger partial charge in [-0.05, 0) is 51.0 Å². The number of aliphatic imine (C=N–C) groups is 1. The molecule has 3 aliphatic rings. The molecular weight excluding hydrogens is 493 g/mol. The van der Waals surface area contributed by atoms with Gasteiger partial charge in [-0.25, -0.2) is 0 Å². The summed E-state index contributed by atoms with van der Waals surface area (Å²) in [6.45, 7) is 4.33. The van der Waals surface area contributed by atoms with Gasteiger partial charge in [0.25, 0.3) is 0 Å². The predicted molar refractivity (Wildman–Crippen MR) is 129 cm³/mol. The van der Waals surface area contributed by atoms with Crippen molar-refractivity contribution in [1.82, 2.24) is 20.0 Å². The molecule has 1 aromatic heterocycles. The highest BCUT2D eigenvalue weighted by molar-refractivity contribution is 14.0. The van der Waals surface area contributed by atoms with Crippen molar-refractivity contribution in [3.8, 4) is 0 Å². The maximum Gasteiger partial charge on any atom is 0.193 e. The summed E-state index contributed by atoms with van der Waals surface area (Å²) in [5.74, 6) is 0.967. The molecular formula is C22H38IN5O2. The first-order chi connectivity index (χ1) is 14.3. The molecule has 0 aromatic carbocycles. The summed E-state index contributed by atoms with van der Waals surface area (Å²) in [5, 5.41) is 8.27. The Morgan fingerprint density at radius 1 is 1.17 bits per heavy atom. The van der Waals surface area contributed by atoms with E-state index in [4.69, 9.17) is 14.6 Å². The highest BCUT2D eigenvalue weighted by atomic mass is 127. The lowest BCUT2D eigenvalue weighted by molar-refractivity contribution is -0.0721. The van der Waals surface area contributed by atoms with E-state index in [-0.39, 0.29) is 24.0 Å². The number of guanidine groups is 1. The van der Waals surface area contributed by atoms with E-state index in [0.717, 1.165) is 63.8 Å². The average molecular weight is 531 g/mol.